The third-order valence-corrected chi connectivity index (χ3v) is 7.84. The lowest BCUT2D eigenvalue weighted by Gasteiger charge is -2.34. The first-order valence-corrected chi connectivity index (χ1v) is 12.8. The summed E-state index contributed by atoms with van der Waals surface area (Å²) in [5.74, 6) is -0.315. The molecule has 3 aromatic rings. The lowest BCUT2D eigenvalue weighted by Crippen LogP contribution is -2.50. The molecule has 0 atom stereocenters. The first-order chi connectivity index (χ1) is 16.4. The number of amides is 2. The molecule has 2 amide bonds. The molecule has 2 heterocycles. The SMILES string of the molecule is O=C(CCC(=O)N1CCN(S(=O)(=O)c2ccc3ccccc3c2)CC1)NCCc1ccccn1. The Morgan fingerprint density at radius 1 is 0.882 bits per heavy atom. The molecule has 1 fully saturated rings. The van der Waals surface area contributed by atoms with Gasteiger partial charge in [-0.15, -0.1) is 0 Å². The summed E-state index contributed by atoms with van der Waals surface area (Å²) in [6, 6.07) is 18.4. The number of aromatic nitrogens is 1. The maximum atomic E-state index is 13.1. The molecule has 1 aliphatic rings. The molecule has 0 bridgehead atoms. The molecular formula is C25H28N4O4S. The highest BCUT2D eigenvalue weighted by atomic mass is 32.2. The van der Waals surface area contributed by atoms with Crippen LogP contribution in [0.3, 0.4) is 0 Å². The van der Waals surface area contributed by atoms with E-state index in [4.69, 9.17) is 0 Å². The number of rotatable bonds is 8. The fourth-order valence-electron chi connectivity index (χ4n) is 4.00. The third-order valence-electron chi connectivity index (χ3n) is 5.95. The highest BCUT2D eigenvalue weighted by Crippen LogP contribution is 2.23. The minimum atomic E-state index is -3.64. The maximum Gasteiger partial charge on any atom is 0.243 e. The van der Waals surface area contributed by atoms with E-state index in [1.165, 1.54) is 4.31 Å². The summed E-state index contributed by atoms with van der Waals surface area (Å²) < 4.78 is 27.6. The van der Waals surface area contributed by atoms with Crippen LogP contribution in [0.25, 0.3) is 10.8 Å². The molecule has 0 unspecified atom stereocenters. The van der Waals surface area contributed by atoms with Gasteiger partial charge in [-0.1, -0.05) is 36.4 Å². The van der Waals surface area contributed by atoms with Crippen LogP contribution in [0, 0.1) is 0 Å². The zero-order valence-electron chi connectivity index (χ0n) is 18.9. The van der Waals surface area contributed by atoms with E-state index in [9.17, 15) is 18.0 Å². The Kier molecular flexibility index (Phi) is 7.54. The van der Waals surface area contributed by atoms with Crippen LogP contribution in [0.1, 0.15) is 18.5 Å². The number of nitrogens with zero attached hydrogens (tertiary/aromatic N) is 3. The quantitative estimate of drug-likeness (QED) is 0.533. The van der Waals surface area contributed by atoms with Gasteiger partial charge >= 0.3 is 0 Å². The number of benzene rings is 2. The fourth-order valence-corrected chi connectivity index (χ4v) is 5.46. The molecule has 1 N–H and O–H groups in total. The summed E-state index contributed by atoms with van der Waals surface area (Å²) in [7, 11) is -3.64. The predicted molar refractivity (Wildman–Crippen MR) is 129 cm³/mol. The Hall–Kier alpha value is -3.30. The molecule has 34 heavy (non-hydrogen) atoms. The highest BCUT2D eigenvalue weighted by molar-refractivity contribution is 7.89. The standard InChI is InChI=1S/C25H28N4O4S/c30-24(27-14-12-22-7-3-4-13-26-22)10-11-25(31)28-15-17-29(18-16-28)34(32,33)23-9-8-20-5-1-2-6-21(20)19-23/h1-9,13,19H,10-12,14-18H2,(H,27,30). The van der Waals surface area contributed by atoms with E-state index in [-0.39, 0.29) is 42.6 Å². The van der Waals surface area contributed by atoms with Crippen molar-refractivity contribution < 1.29 is 18.0 Å². The van der Waals surface area contributed by atoms with Crippen molar-refractivity contribution in [1.29, 1.82) is 0 Å². The Labute approximate surface area is 199 Å². The van der Waals surface area contributed by atoms with E-state index < -0.39 is 10.0 Å². The van der Waals surface area contributed by atoms with Gasteiger partial charge in [0, 0.05) is 63.9 Å². The van der Waals surface area contributed by atoms with Gasteiger partial charge in [-0.3, -0.25) is 14.6 Å². The van der Waals surface area contributed by atoms with Gasteiger partial charge in [0.15, 0.2) is 0 Å². The van der Waals surface area contributed by atoms with E-state index in [1.54, 1.807) is 23.2 Å². The minimum Gasteiger partial charge on any atom is -0.356 e. The Morgan fingerprint density at radius 3 is 2.35 bits per heavy atom. The Bertz CT molecular complexity index is 1260. The topological polar surface area (TPSA) is 99.7 Å². The monoisotopic (exact) mass is 480 g/mol. The average molecular weight is 481 g/mol. The molecule has 9 heteroatoms. The number of nitrogens with one attached hydrogen (secondary N) is 1. The van der Waals surface area contributed by atoms with Crippen LogP contribution in [0.15, 0.2) is 71.8 Å². The van der Waals surface area contributed by atoms with E-state index in [0.717, 1.165) is 16.5 Å². The van der Waals surface area contributed by atoms with Gasteiger partial charge in [-0.2, -0.15) is 4.31 Å². The lowest BCUT2D eigenvalue weighted by atomic mass is 10.1. The summed E-state index contributed by atoms with van der Waals surface area (Å²) >= 11 is 0. The first-order valence-electron chi connectivity index (χ1n) is 11.4. The summed E-state index contributed by atoms with van der Waals surface area (Å²) in [5.41, 5.74) is 0.899. The van der Waals surface area contributed by atoms with Crippen LogP contribution >= 0.6 is 0 Å². The van der Waals surface area contributed by atoms with Crippen LogP contribution in [-0.4, -0.2) is 67.1 Å². The molecule has 8 nitrogen and oxygen atoms in total. The van der Waals surface area contributed by atoms with Crippen LogP contribution in [0.4, 0.5) is 0 Å². The lowest BCUT2D eigenvalue weighted by molar-refractivity contribution is -0.134. The van der Waals surface area contributed by atoms with Crippen molar-refractivity contribution in [2.45, 2.75) is 24.2 Å². The van der Waals surface area contributed by atoms with E-state index in [1.807, 2.05) is 48.5 Å². The van der Waals surface area contributed by atoms with Crippen molar-refractivity contribution in [2.24, 2.45) is 0 Å². The summed E-state index contributed by atoms with van der Waals surface area (Å²) in [6.07, 6.45) is 2.56. The fraction of sp³-hybridized carbons (Fsp3) is 0.320. The molecule has 0 radical (unpaired) electrons. The number of carbonyl (C=O) groups excluding carboxylic acids is 2. The zero-order valence-corrected chi connectivity index (χ0v) is 19.7. The zero-order chi connectivity index (χ0) is 24.0. The first kappa shape index (κ1) is 23.8. The molecular weight excluding hydrogens is 452 g/mol. The van der Waals surface area contributed by atoms with Crippen LogP contribution < -0.4 is 5.32 Å². The Morgan fingerprint density at radius 2 is 1.62 bits per heavy atom. The van der Waals surface area contributed by atoms with Gasteiger partial charge in [0.05, 0.1) is 4.90 Å². The van der Waals surface area contributed by atoms with Crippen molar-refractivity contribution in [3.63, 3.8) is 0 Å². The van der Waals surface area contributed by atoms with Gasteiger partial charge in [-0.05, 0) is 35.0 Å². The van der Waals surface area contributed by atoms with Crippen molar-refractivity contribution in [3.05, 3.63) is 72.6 Å². The van der Waals surface area contributed by atoms with E-state index >= 15 is 0 Å². The van der Waals surface area contributed by atoms with Crippen molar-refractivity contribution in [3.8, 4) is 0 Å². The molecule has 1 aliphatic heterocycles. The minimum absolute atomic E-state index is 0.104. The average Bonchev–Trinajstić information content (AvgIpc) is 2.87. The van der Waals surface area contributed by atoms with Crippen molar-refractivity contribution in [1.82, 2.24) is 19.5 Å². The van der Waals surface area contributed by atoms with E-state index in [0.29, 0.717) is 26.1 Å². The summed E-state index contributed by atoms with van der Waals surface area (Å²) in [5, 5.41) is 4.66. The summed E-state index contributed by atoms with van der Waals surface area (Å²) in [4.78, 5) is 30.7. The number of hydrogen-bond donors (Lipinski definition) is 1. The van der Waals surface area contributed by atoms with Gasteiger partial charge in [-0.25, -0.2) is 8.42 Å². The molecule has 0 aliphatic carbocycles. The van der Waals surface area contributed by atoms with Crippen LogP contribution in [-0.2, 0) is 26.0 Å². The van der Waals surface area contributed by atoms with Gasteiger partial charge < -0.3 is 10.2 Å². The second-order valence-corrected chi connectivity index (χ2v) is 10.2. The van der Waals surface area contributed by atoms with Crippen molar-refractivity contribution >= 4 is 32.6 Å². The molecule has 0 saturated carbocycles. The second kappa shape index (κ2) is 10.8. The number of fused-ring (bicyclic) bond motifs is 1. The molecule has 2 aromatic carbocycles. The number of carbonyl (C=O) groups is 2. The molecule has 1 saturated heterocycles. The van der Waals surface area contributed by atoms with Crippen LogP contribution in [0.5, 0.6) is 0 Å². The molecule has 0 spiro atoms. The van der Waals surface area contributed by atoms with E-state index in [2.05, 4.69) is 10.3 Å². The van der Waals surface area contributed by atoms with Crippen LogP contribution in [0.2, 0.25) is 0 Å². The predicted octanol–water partition coefficient (Wildman–Crippen LogP) is 2.21. The van der Waals surface area contributed by atoms with Crippen molar-refractivity contribution in [2.75, 3.05) is 32.7 Å². The normalized spacial score (nSPS) is 14.8. The highest BCUT2D eigenvalue weighted by Gasteiger charge is 2.30. The largest absolute Gasteiger partial charge is 0.356 e. The maximum absolute atomic E-state index is 13.1. The number of piperazine rings is 1. The summed E-state index contributed by atoms with van der Waals surface area (Å²) in [6.45, 7) is 1.56. The third kappa shape index (κ3) is 5.78. The van der Waals surface area contributed by atoms with Gasteiger partial charge in [0.2, 0.25) is 21.8 Å². The smallest absolute Gasteiger partial charge is 0.243 e. The second-order valence-electron chi connectivity index (χ2n) is 8.21. The Balaban J connectivity index is 1.23. The number of pyridine rings is 1. The number of sulfonamides is 1. The van der Waals surface area contributed by atoms with Gasteiger partial charge in [0.1, 0.15) is 0 Å². The molecule has 4 rings (SSSR count). The number of hydrogen-bond acceptors (Lipinski definition) is 5. The molecule has 178 valence electrons. The molecule has 1 aromatic heterocycles. The van der Waals surface area contributed by atoms with Gasteiger partial charge in [0.25, 0.3) is 0 Å².